The van der Waals surface area contributed by atoms with E-state index in [9.17, 15) is 13.6 Å². The van der Waals surface area contributed by atoms with Gasteiger partial charge in [-0.2, -0.15) is 0 Å². The summed E-state index contributed by atoms with van der Waals surface area (Å²) in [7, 11) is 0. The predicted molar refractivity (Wildman–Crippen MR) is 63.7 cm³/mol. The van der Waals surface area contributed by atoms with Gasteiger partial charge < -0.3 is 0 Å². The number of halogens is 3. The molecule has 0 N–H and O–H groups in total. The molecule has 0 aliphatic rings. The van der Waals surface area contributed by atoms with Crippen molar-refractivity contribution in [3.05, 3.63) is 62.8 Å². The zero-order valence-corrected chi connectivity index (χ0v) is 10.2. The molecule has 0 saturated carbocycles. The molecule has 0 radical (unpaired) electrons. The Hall–Kier alpha value is -1.75. The third-order valence-electron chi connectivity index (χ3n) is 2.43. The number of hydrogen-bond donors (Lipinski definition) is 0. The van der Waals surface area contributed by atoms with Crippen molar-refractivity contribution in [2.75, 3.05) is 0 Å². The van der Waals surface area contributed by atoms with Crippen LogP contribution in [0.3, 0.4) is 0 Å². The molecule has 0 amide bonds. The Kier molecular flexibility index (Phi) is 3.43. The van der Waals surface area contributed by atoms with E-state index in [1.165, 1.54) is 16.7 Å². The first kappa shape index (κ1) is 12.7. The molecule has 0 aliphatic carbocycles. The fourth-order valence-electron chi connectivity index (χ4n) is 1.66. The number of benzene rings is 1. The second-order valence-electron chi connectivity index (χ2n) is 3.83. The van der Waals surface area contributed by atoms with Crippen LogP contribution in [0, 0.1) is 18.6 Å². The molecular weight excluding hydrogens is 262 g/mol. The lowest BCUT2D eigenvalue weighted by Gasteiger charge is -2.09. The van der Waals surface area contributed by atoms with Crippen LogP contribution in [-0.2, 0) is 6.54 Å². The summed E-state index contributed by atoms with van der Waals surface area (Å²) in [5.41, 5.74) is -0.0148. The first-order valence-electron chi connectivity index (χ1n) is 5.14. The fourth-order valence-corrected chi connectivity index (χ4v) is 1.88. The molecule has 0 atom stereocenters. The molecule has 94 valence electrons. The van der Waals surface area contributed by atoms with Gasteiger partial charge in [-0.1, -0.05) is 11.6 Å². The van der Waals surface area contributed by atoms with E-state index in [1.807, 2.05) is 0 Å². The van der Waals surface area contributed by atoms with E-state index in [4.69, 9.17) is 11.6 Å². The van der Waals surface area contributed by atoms with Gasteiger partial charge in [-0.25, -0.2) is 13.8 Å². The predicted octanol–water partition coefficient (Wildman–Crippen LogP) is 2.53. The van der Waals surface area contributed by atoms with E-state index in [1.54, 1.807) is 6.92 Å². The van der Waals surface area contributed by atoms with Crippen LogP contribution in [0.2, 0.25) is 5.15 Å². The zero-order valence-electron chi connectivity index (χ0n) is 9.45. The highest BCUT2D eigenvalue weighted by Gasteiger charge is 2.07. The minimum absolute atomic E-state index is 0.0452. The molecule has 1 heterocycles. The van der Waals surface area contributed by atoms with Crippen LogP contribution in [0.4, 0.5) is 8.78 Å². The summed E-state index contributed by atoms with van der Waals surface area (Å²) in [6.45, 7) is 1.65. The largest absolute Gasteiger partial charge is 0.292 e. The Morgan fingerprint density at radius 1 is 1.22 bits per heavy atom. The van der Waals surface area contributed by atoms with Gasteiger partial charge in [0.25, 0.3) is 5.56 Å². The number of nitrogens with zero attached hydrogens (tertiary/aromatic N) is 2. The summed E-state index contributed by atoms with van der Waals surface area (Å²) in [5, 5.41) is 0.0965. The topological polar surface area (TPSA) is 34.9 Å². The van der Waals surface area contributed by atoms with E-state index in [0.29, 0.717) is 11.4 Å². The highest BCUT2D eigenvalue weighted by molar-refractivity contribution is 6.29. The highest BCUT2D eigenvalue weighted by atomic mass is 35.5. The lowest BCUT2D eigenvalue weighted by atomic mass is 10.2. The summed E-state index contributed by atoms with van der Waals surface area (Å²) in [4.78, 5) is 15.6. The Labute approximate surface area is 107 Å². The third kappa shape index (κ3) is 2.73. The molecule has 0 unspecified atom stereocenters. The Bertz CT molecular complexity index is 635. The normalized spacial score (nSPS) is 10.7. The van der Waals surface area contributed by atoms with Crippen molar-refractivity contribution < 1.29 is 8.78 Å². The van der Waals surface area contributed by atoms with Gasteiger partial charge in [0.15, 0.2) is 0 Å². The average Bonchev–Trinajstić information content (AvgIpc) is 2.22. The van der Waals surface area contributed by atoms with E-state index in [2.05, 4.69) is 4.98 Å². The van der Waals surface area contributed by atoms with Crippen LogP contribution in [0.25, 0.3) is 0 Å². The lowest BCUT2D eigenvalue weighted by Crippen LogP contribution is -2.23. The molecule has 0 spiro atoms. The second-order valence-corrected chi connectivity index (χ2v) is 4.22. The third-order valence-corrected chi connectivity index (χ3v) is 2.62. The van der Waals surface area contributed by atoms with Crippen LogP contribution in [0.15, 0.2) is 29.1 Å². The van der Waals surface area contributed by atoms with Gasteiger partial charge in [0.05, 0.1) is 6.54 Å². The van der Waals surface area contributed by atoms with E-state index >= 15 is 0 Å². The summed E-state index contributed by atoms with van der Waals surface area (Å²) < 4.78 is 27.4. The van der Waals surface area contributed by atoms with Crippen LogP contribution in [-0.4, -0.2) is 9.55 Å². The van der Waals surface area contributed by atoms with Gasteiger partial charge in [-0.3, -0.25) is 9.36 Å². The summed E-state index contributed by atoms with van der Waals surface area (Å²) >= 11 is 5.63. The van der Waals surface area contributed by atoms with Crippen molar-refractivity contribution in [1.29, 1.82) is 0 Å². The minimum Gasteiger partial charge on any atom is -0.292 e. The van der Waals surface area contributed by atoms with Crippen molar-refractivity contribution in [3.8, 4) is 0 Å². The van der Waals surface area contributed by atoms with Crippen molar-refractivity contribution in [2.24, 2.45) is 0 Å². The summed E-state index contributed by atoms with van der Waals surface area (Å²) in [6.07, 6.45) is 0. The highest BCUT2D eigenvalue weighted by Crippen LogP contribution is 2.10. The van der Waals surface area contributed by atoms with Gasteiger partial charge in [-0.05, 0) is 24.6 Å². The van der Waals surface area contributed by atoms with Crippen LogP contribution in [0.1, 0.15) is 11.4 Å². The number of rotatable bonds is 2. The molecule has 1 aromatic carbocycles. The first-order valence-corrected chi connectivity index (χ1v) is 5.52. The van der Waals surface area contributed by atoms with Gasteiger partial charge >= 0.3 is 0 Å². The monoisotopic (exact) mass is 270 g/mol. The Balaban J connectivity index is 2.43. The smallest absolute Gasteiger partial charge is 0.255 e. The molecule has 2 rings (SSSR count). The van der Waals surface area contributed by atoms with E-state index in [0.717, 1.165) is 12.1 Å². The zero-order chi connectivity index (χ0) is 13.3. The maximum Gasteiger partial charge on any atom is 0.255 e. The van der Waals surface area contributed by atoms with E-state index in [-0.39, 0.29) is 17.3 Å². The van der Waals surface area contributed by atoms with Crippen molar-refractivity contribution >= 4 is 11.6 Å². The first-order chi connectivity index (χ1) is 8.45. The average molecular weight is 271 g/mol. The molecule has 2 aromatic rings. The van der Waals surface area contributed by atoms with Gasteiger partial charge in [0, 0.05) is 12.1 Å². The maximum atomic E-state index is 13.0. The molecule has 3 nitrogen and oxygen atoms in total. The summed E-state index contributed by atoms with van der Waals surface area (Å²) in [5.74, 6) is -0.979. The molecule has 1 aromatic heterocycles. The van der Waals surface area contributed by atoms with Crippen molar-refractivity contribution in [3.63, 3.8) is 0 Å². The molecular formula is C12H9ClF2N2O. The van der Waals surface area contributed by atoms with Crippen molar-refractivity contribution in [1.82, 2.24) is 9.55 Å². The molecule has 18 heavy (non-hydrogen) atoms. The molecule has 0 saturated heterocycles. The van der Waals surface area contributed by atoms with Gasteiger partial charge in [0.2, 0.25) is 0 Å². The van der Waals surface area contributed by atoms with Crippen LogP contribution >= 0.6 is 11.6 Å². The minimum atomic E-state index is -0.683. The second kappa shape index (κ2) is 4.86. The standard InChI is InChI=1S/C12H9ClF2N2O/c1-7-16-11(13)5-12(18)17(7)6-8-2-9(14)4-10(15)3-8/h2-5H,6H2,1H3. The number of aryl methyl sites for hydroxylation is 1. The molecule has 0 aliphatic heterocycles. The summed E-state index contributed by atoms with van der Waals surface area (Å²) in [6, 6.07) is 4.27. The van der Waals surface area contributed by atoms with Gasteiger partial charge in [-0.15, -0.1) is 0 Å². The fraction of sp³-hybridized carbons (Fsp3) is 0.167. The lowest BCUT2D eigenvalue weighted by molar-refractivity contribution is 0.575. The molecule has 0 fully saturated rings. The van der Waals surface area contributed by atoms with Crippen LogP contribution in [0.5, 0.6) is 0 Å². The number of hydrogen-bond acceptors (Lipinski definition) is 2. The SMILES string of the molecule is Cc1nc(Cl)cc(=O)n1Cc1cc(F)cc(F)c1. The Morgan fingerprint density at radius 2 is 1.83 bits per heavy atom. The van der Waals surface area contributed by atoms with E-state index < -0.39 is 11.6 Å². The molecule has 6 heteroatoms. The Morgan fingerprint density at radius 3 is 2.39 bits per heavy atom. The number of aromatic nitrogens is 2. The van der Waals surface area contributed by atoms with Gasteiger partial charge in [0.1, 0.15) is 22.6 Å². The maximum absolute atomic E-state index is 13.0. The molecule has 0 bridgehead atoms. The van der Waals surface area contributed by atoms with Crippen LogP contribution < -0.4 is 5.56 Å². The van der Waals surface area contributed by atoms with Crippen molar-refractivity contribution in [2.45, 2.75) is 13.5 Å². The quantitative estimate of drug-likeness (QED) is 0.786.